The van der Waals surface area contributed by atoms with Crippen molar-refractivity contribution in [3.05, 3.63) is 28.0 Å². The van der Waals surface area contributed by atoms with Crippen molar-refractivity contribution in [3.63, 3.8) is 0 Å². The van der Waals surface area contributed by atoms with E-state index >= 15 is 0 Å². The fourth-order valence-electron chi connectivity index (χ4n) is 1.38. The number of hydrogen-bond donors (Lipinski definition) is 1. The van der Waals surface area contributed by atoms with Gasteiger partial charge in [-0.2, -0.15) is 0 Å². The Bertz CT molecular complexity index is 327. The van der Waals surface area contributed by atoms with Gasteiger partial charge in [-0.15, -0.1) is 0 Å². The Labute approximate surface area is 92.4 Å². The summed E-state index contributed by atoms with van der Waals surface area (Å²) < 4.78 is 5.33. The third-order valence-electron chi connectivity index (χ3n) is 2.10. The summed E-state index contributed by atoms with van der Waals surface area (Å²) in [4.78, 5) is 4.19. The summed E-state index contributed by atoms with van der Waals surface area (Å²) in [7, 11) is 0. The van der Waals surface area contributed by atoms with Gasteiger partial charge >= 0.3 is 0 Å². The third-order valence-corrected chi connectivity index (χ3v) is 2.79. The van der Waals surface area contributed by atoms with Crippen LogP contribution in [0.2, 0.25) is 10.2 Å². The number of morpholine rings is 1. The van der Waals surface area contributed by atoms with Crippen LogP contribution in [0.4, 0.5) is 0 Å². The fourth-order valence-corrected chi connectivity index (χ4v) is 1.65. The van der Waals surface area contributed by atoms with E-state index in [1.54, 1.807) is 6.07 Å². The molecule has 2 rings (SSSR count). The molecule has 0 saturated carbocycles. The lowest BCUT2D eigenvalue weighted by atomic mass is 10.2. The summed E-state index contributed by atoms with van der Waals surface area (Å²) in [5.41, 5.74) is 0.874. The molecule has 1 unspecified atom stereocenters. The molecule has 1 aliphatic heterocycles. The zero-order valence-electron chi connectivity index (χ0n) is 7.46. The summed E-state index contributed by atoms with van der Waals surface area (Å²) >= 11 is 11.6. The number of rotatable bonds is 1. The second-order valence-corrected chi connectivity index (χ2v) is 3.86. The molecule has 0 spiro atoms. The Morgan fingerprint density at radius 1 is 1.43 bits per heavy atom. The molecular weight excluding hydrogens is 223 g/mol. The van der Waals surface area contributed by atoms with Crippen LogP contribution in [-0.4, -0.2) is 24.7 Å². The Balaban J connectivity index is 2.18. The lowest BCUT2D eigenvalue weighted by molar-refractivity contribution is 0.0756. The number of nitrogens with one attached hydrogen (secondary N) is 1. The Kier molecular flexibility index (Phi) is 3.23. The molecule has 1 aromatic rings. The van der Waals surface area contributed by atoms with Crippen LogP contribution in [0, 0.1) is 0 Å². The fraction of sp³-hybridized carbons (Fsp3) is 0.444. The molecule has 76 valence electrons. The highest BCUT2D eigenvalue weighted by Crippen LogP contribution is 2.22. The molecule has 1 fully saturated rings. The van der Waals surface area contributed by atoms with Crippen molar-refractivity contribution in [1.82, 2.24) is 10.3 Å². The number of hydrogen-bond acceptors (Lipinski definition) is 3. The molecule has 0 amide bonds. The normalized spacial score (nSPS) is 22.3. The van der Waals surface area contributed by atoms with Gasteiger partial charge in [-0.1, -0.05) is 23.2 Å². The van der Waals surface area contributed by atoms with Gasteiger partial charge in [0.25, 0.3) is 0 Å². The zero-order chi connectivity index (χ0) is 9.97. The van der Waals surface area contributed by atoms with Gasteiger partial charge in [0.2, 0.25) is 0 Å². The average molecular weight is 233 g/mol. The number of nitrogens with zero attached hydrogens (tertiary/aromatic N) is 1. The average Bonchev–Trinajstić information content (AvgIpc) is 2.23. The van der Waals surface area contributed by atoms with Crippen LogP contribution in [0.5, 0.6) is 0 Å². The third kappa shape index (κ3) is 2.17. The Morgan fingerprint density at radius 3 is 2.93 bits per heavy atom. The maximum atomic E-state index is 5.82. The molecule has 0 aromatic carbocycles. The highest BCUT2D eigenvalue weighted by molar-refractivity contribution is 6.41. The minimum absolute atomic E-state index is 0.124. The topological polar surface area (TPSA) is 34.1 Å². The monoisotopic (exact) mass is 232 g/mol. The molecule has 2 heterocycles. The smallest absolute Gasteiger partial charge is 0.147 e. The largest absolute Gasteiger partial charge is 0.378 e. The van der Waals surface area contributed by atoms with Crippen LogP contribution in [0.25, 0.3) is 0 Å². The predicted octanol–water partition coefficient (Wildman–Crippen LogP) is 2.05. The van der Waals surface area contributed by atoms with E-state index in [0.717, 1.165) is 18.8 Å². The molecule has 0 aliphatic carbocycles. The summed E-state index contributed by atoms with van der Waals surface area (Å²) in [6.45, 7) is 2.22. The number of aromatic nitrogens is 1. The van der Waals surface area contributed by atoms with E-state index in [9.17, 15) is 0 Å². The highest BCUT2D eigenvalue weighted by Gasteiger charge is 2.17. The van der Waals surface area contributed by atoms with Crippen LogP contribution in [0.1, 0.15) is 11.7 Å². The van der Waals surface area contributed by atoms with Crippen LogP contribution in [-0.2, 0) is 4.74 Å². The number of halogens is 2. The van der Waals surface area contributed by atoms with E-state index in [2.05, 4.69) is 10.3 Å². The molecule has 3 nitrogen and oxygen atoms in total. The Hall–Kier alpha value is -0.350. The molecule has 1 N–H and O–H groups in total. The second kappa shape index (κ2) is 4.45. The van der Waals surface area contributed by atoms with E-state index in [4.69, 9.17) is 27.9 Å². The van der Waals surface area contributed by atoms with Gasteiger partial charge in [0.15, 0.2) is 0 Å². The summed E-state index contributed by atoms with van der Waals surface area (Å²) in [5.74, 6) is 0. The van der Waals surface area contributed by atoms with E-state index in [0.29, 0.717) is 16.8 Å². The van der Waals surface area contributed by atoms with Gasteiger partial charge in [0, 0.05) is 6.54 Å². The maximum Gasteiger partial charge on any atom is 0.147 e. The molecule has 1 aromatic heterocycles. The van der Waals surface area contributed by atoms with Crippen molar-refractivity contribution in [2.24, 2.45) is 0 Å². The van der Waals surface area contributed by atoms with Gasteiger partial charge < -0.3 is 10.1 Å². The van der Waals surface area contributed by atoms with Crippen LogP contribution >= 0.6 is 23.2 Å². The first-order valence-electron chi connectivity index (χ1n) is 4.40. The molecular formula is C9H10Cl2N2O. The van der Waals surface area contributed by atoms with E-state index in [1.807, 2.05) is 6.07 Å². The van der Waals surface area contributed by atoms with E-state index in [1.165, 1.54) is 0 Å². The van der Waals surface area contributed by atoms with Crippen molar-refractivity contribution in [3.8, 4) is 0 Å². The van der Waals surface area contributed by atoms with Crippen molar-refractivity contribution < 1.29 is 4.74 Å². The molecule has 0 bridgehead atoms. The van der Waals surface area contributed by atoms with Crippen molar-refractivity contribution >= 4 is 23.2 Å². The first kappa shape index (κ1) is 10.2. The van der Waals surface area contributed by atoms with Gasteiger partial charge in [-0.05, 0) is 12.1 Å². The van der Waals surface area contributed by atoms with Crippen molar-refractivity contribution in [2.45, 2.75) is 6.04 Å². The predicted molar refractivity (Wildman–Crippen MR) is 55.8 cm³/mol. The molecule has 0 radical (unpaired) electrons. The Morgan fingerprint density at radius 2 is 2.29 bits per heavy atom. The summed E-state index contributed by atoms with van der Waals surface area (Å²) in [6, 6.07) is 3.74. The molecule has 5 heteroatoms. The lowest BCUT2D eigenvalue weighted by Gasteiger charge is -2.23. The van der Waals surface area contributed by atoms with Crippen molar-refractivity contribution in [1.29, 1.82) is 0 Å². The lowest BCUT2D eigenvalue weighted by Crippen LogP contribution is -2.35. The molecule has 14 heavy (non-hydrogen) atoms. The minimum Gasteiger partial charge on any atom is -0.378 e. The molecule has 1 aliphatic rings. The SMILES string of the molecule is Clc1ccc(C2COCCN2)nc1Cl. The quantitative estimate of drug-likeness (QED) is 0.754. The van der Waals surface area contributed by atoms with Crippen molar-refractivity contribution in [2.75, 3.05) is 19.8 Å². The summed E-state index contributed by atoms with van der Waals surface area (Å²) in [6.07, 6.45) is 0. The second-order valence-electron chi connectivity index (χ2n) is 3.09. The first-order valence-corrected chi connectivity index (χ1v) is 5.16. The maximum absolute atomic E-state index is 5.82. The van der Waals surface area contributed by atoms with E-state index in [-0.39, 0.29) is 6.04 Å². The molecule has 1 atom stereocenters. The molecule has 1 saturated heterocycles. The highest BCUT2D eigenvalue weighted by atomic mass is 35.5. The van der Waals surface area contributed by atoms with Gasteiger partial charge in [0.05, 0.1) is 30.0 Å². The number of ether oxygens (including phenoxy) is 1. The number of pyridine rings is 1. The van der Waals surface area contributed by atoms with Gasteiger partial charge in [0.1, 0.15) is 5.15 Å². The minimum atomic E-state index is 0.124. The van der Waals surface area contributed by atoms with Gasteiger partial charge in [-0.25, -0.2) is 4.98 Å². The van der Waals surface area contributed by atoms with E-state index < -0.39 is 0 Å². The summed E-state index contributed by atoms with van der Waals surface area (Å²) in [5, 5.41) is 4.12. The zero-order valence-corrected chi connectivity index (χ0v) is 8.98. The first-order chi connectivity index (χ1) is 6.77. The van der Waals surface area contributed by atoms with Crippen LogP contribution in [0.15, 0.2) is 12.1 Å². The van der Waals surface area contributed by atoms with Gasteiger partial charge in [-0.3, -0.25) is 0 Å². The van der Waals surface area contributed by atoms with Crippen LogP contribution in [0.3, 0.4) is 0 Å². The van der Waals surface area contributed by atoms with Crippen LogP contribution < -0.4 is 5.32 Å². The standard InChI is InChI=1S/C9H10Cl2N2O/c10-6-1-2-7(13-9(6)11)8-5-14-4-3-12-8/h1-2,8,12H,3-5H2.